The molecule has 0 N–H and O–H groups in total. The average molecular weight is 497 g/mol. The Hall–Kier alpha value is -2.69. The van der Waals surface area contributed by atoms with Gasteiger partial charge in [-0.1, -0.05) is 32.0 Å². The lowest BCUT2D eigenvalue weighted by Crippen LogP contribution is -2.76. The van der Waals surface area contributed by atoms with E-state index in [4.69, 9.17) is 18.9 Å². The molecule has 1 aliphatic rings. The van der Waals surface area contributed by atoms with Crippen LogP contribution in [0.3, 0.4) is 0 Å². The molecule has 1 fully saturated rings. The Morgan fingerprint density at radius 2 is 1.89 bits per heavy atom. The maximum atomic E-state index is 13.3. The topological polar surface area (TPSA) is 70.1 Å². The molecule has 1 aromatic heterocycles. The minimum Gasteiger partial charge on any atom is -0.489 e. The standard InChI is InChI=1S/C25H31F3N2O5/c1-17(2)11-22-24(35-16-33-4,23(31)30(22)15-32-3)13-19-12-20(9-10-29-19)34-14-18-7-5-6-8-21(18)25(26,27)28/h5-10,12,17,22H,11,13-16H2,1-4H3. The predicted octanol–water partition coefficient (Wildman–Crippen LogP) is 4.44. The Bertz CT molecular complexity index is 1000. The molecule has 1 aromatic carbocycles. The third kappa shape index (κ3) is 6.12. The van der Waals surface area contributed by atoms with Crippen LogP contribution >= 0.6 is 0 Å². The number of hydrogen-bond acceptors (Lipinski definition) is 6. The lowest BCUT2D eigenvalue weighted by atomic mass is 9.75. The highest BCUT2D eigenvalue weighted by Crippen LogP contribution is 2.41. The number of amides is 1. The summed E-state index contributed by atoms with van der Waals surface area (Å²) in [5.41, 5.74) is -1.38. The van der Waals surface area contributed by atoms with E-state index in [9.17, 15) is 18.0 Å². The zero-order valence-corrected chi connectivity index (χ0v) is 20.3. The van der Waals surface area contributed by atoms with Crippen LogP contribution in [0.25, 0.3) is 0 Å². The quantitative estimate of drug-likeness (QED) is 0.320. The Morgan fingerprint density at radius 3 is 2.54 bits per heavy atom. The number of benzene rings is 1. The Kier molecular flexibility index (Phi) is 8.74. The zero-order chi connectivity index (χ0) is 25.6. The smallest absolute Gasteiger partial charge is 0.416 e. The van der Waals surface area contributed by atoms with Crippen LogP contribution in [-0.4, -0.2) is 55.2 Å². The second-order valence-corrected chi connectivity index (χ2v) is 8.88. The zero-order valence-electron chi connectivity index (χ0n) is 20.3. The van der Waals surface area contributed by atoms with Gasteiger partial charge in [-0.3, -0.25) is 9.78 Å². The fraction of sp³-hybridized carbons (Fsp3) is 0.520. The first kappa shape index (κ1) is 26.9. The minimum absolute atomic E-state index is 0.0274. The number of methoxy groups -OCH3 is 2. The van der Waals surface area contributed by atoms with E-state index in [-0.39, 0.29) is 50.0 Å². The van der Waals surface area contributed by atoms with Gasteiger partial charge in [0, 0.05) is 44.2 Å². The number of hydrogen-bond donors (Lipinski definition) is 0. The van der Waals surface area contributed by atoms with Crippen LogP contribution in [0.15, 0.2) is 42.6 Å². The number of β-lactam (4-membered cyclic amide) rings is 1. The number of carbonyl (C=O) groups excluding carboxylic acids is 1. The van der Waals surface area contributed by atoms with E-state index in [0.717, 1.165) is 6.07 Å². The first-order valence-electron chi connectivity index (χ1n) is 11.3. The summed E-state index contributed by atoms with van der Waals surface area (Å²) in [5.74, 6) is 0.401. The number of likely N-dealkylation sites (tertiary alicyclic amines) is 1. The van der Waals surface area contributed by atoms with Crippen molar-refractivity contribution in [1.82, 2.24) is 9.88 Å². The lowest BCUT2D eigenvalue weighted by Gasteiger charge is -2.55. The van der Waals surface area contributed by atoms with Crippen LogP contribution in [0.2, 0.25) is 0 Å². The maximum absolute atomic E-state index is 13.3. The summed E-state index contributed by atoms with van der Waals surface area (Å²) in [5, 5.41) is 0. The van der Waals surface area contributed by atoms with Crippen molar-refractivity contribution < 1.29 is 36.9 Å². The molecule has 7 nitrogen and oxygen atoms in total. The van der Waals surface area contributed by atoms with Crippen LogP contribution in [0, 0.1) is 5.92 Å². The molecule has 2 unspecified atom stereocenters. The molecule has 1 saturated heterocycles. The molecule has 2 aromatic rings. The molecule has 192 valence electrons. The molecule has 10 heteroatoms. The van der Waals surface area contributed by atoms with Crippen molar-refractivity contribution in [1.29, 1.82) is 0 Å². The van der Waals surface area contributed by atoms with Gasteiger partial charge in [0.05, 0.1) is 11.6 Å². The van der Waals surface area contributed by atoms with Crippen molar-refractivity contribution in [3.8, 4) is 5.75 Å². The van der Waals surface area contributed by atoms with E-state index in [1.165, 1.54) is 38.6 Å². The summed E-state index contributed by atoms with van der Waals surface area (Å²) >= 11 is 0. The van der Waals surface area contributed by atoms with Gasteiger partial charge in [-0.2, -0.15) is 13.2 Å². The maximum Gasteiger partial charge on any atom is 0.416 e. The van der Waals surface area contributed by atoms with Gasteiger partial charge in [-0.05, 0) is 24.5 Å². The summed E-state index contributed by atoms with van der Waals surface area (Å²) in [6, 6.07) is 8.21. The van der Waals surface area contributed by atoms with E-state index in [1.807, 2.05) is 0 Å². The first-order valence-corrected chi connectivity index (χ1v) is 11.3. The molecule has 1 aliphatic heterocycles. The van der Waals surface area contributed by atoms with Crippen molar-refractivity contribution in [3.05, 3.63) is 59.4 Å². The third-order valence-electron chi connectivity index (χ3n) is 5.88. The lowest BCUT2D eigenvalue weighted by molar-refractivity contribution is -0.235. The van der Waals surface area contributed by atoms with Gasteiger partial charge < -0.3 is 23.8 Å². The molecule has 2 atom stereocenters. The largest absolute Gasteiger partial charge is 0.489 e. The van der Waals surface area contributed by atoms with Crippen LogP contribution < -0.4 is 4.74 Å². The molecule has 1 amide bonds. The summed E-state index contributed by atoms with van der Waals surface area (Å²) in [4.78, 5) is 19.2. The Balaban J connectivity index is 1.81. The molecule has 0 saturated carbocycles. The highest BCUT2D eigenvalue weighted by atomic mass is 19.4. The second-order valence-electron chi connectivity index (χ2n) is 8.88. The van der Waals surface area contributed by atoms with Crippen LogP contribution in [0.1, 0.15) is 37.1 Å². The highest BCUT2D eigenvalue weighted by molar-refractivity contribution is 5.93. The number of ether oxygens (including phenoxy) is 4. The van der Waals surface area contributed by atoms with E-state index in [1.54, 1.807) is 17.0 Å². The highest BCUT2D eigenvalue weighted by Gasteiger charge is 2.62. The van der Waals surface area contributed by atoms with Crippen LogP contribution in [-0.2, 0) is 38.2 Å². The molecular formula is C25H31F3N2O5. The summed E-state index contributed by atoms with van der Waals surface area (Å²) in [7, 11) is 3.00. The van der Waals surface area contributed by atoms with Crippen molar-refractivity contribution >= 4 is 5.91 Å². The van der Waals surface area contributed by atoms with Gasteiger partial charge >= 0.3 is 6.18 Å². The molecule has 0 radical (unpaired) electrons. The predicted molar refractivity (Wildman–Crippen MR) is 121 cm³/mol. The van der Waals surface area contributed by atoms with E-state index < -0.39 is 17.3 Å². The van der Waals surface area contributed by atoms with Gasteiger partial charge in [-0.15, -0.1) is 0 Å². The van der Waals surface area contributed by atoms with Gasteiger partial charge in [0.2, 0.25) is 0 Å². The first-order chi connectivity index (χ1) is 16.6. The van der Waals surface area contributed by atoms with Crippen molar-refractivity contribution in [2.45, 2.75) is 51.1 Å². The number of carbonyl (C=O) groups is 1. The van der Waals surface area contributed by atoms with Crippen molar-refractivity contribution in [3.63, 3.8) is 0 Å². The number of aromatic nitrogens is 1. The van der Waals surface area contributed by atoms with E-state index in [0.29, 0.717) is 17.9 Å². The number of pyridine rings is 1. The molecule has 0 spiro atoms. The van der Waals surface area contributed by atoms with Crippen LogP contribution in [0.4, 0.5) is 13.2 Å². The van der Waals surface area contributed by atoms with Gasteiger partial charge in [-0.25, -0.2) is 0 Å². The van der Waals surface area contributed by atoms with E-state index >= 15 is 0 Å². The van der Waals surface area contributed by atoms with Crippen LogP contribution in [0.5, 0.6) is 5.75 Å². The molecule has 2 heterocycles. The molecule has 0 aliphatic carbocycles. The minimum atomic E-state index is -4.47. The summed E-state index contributed by atoms with van der Waals surface area (Å²) in [6.45, 7) is 3.91. The van der Waals surface area contributed by atoms with E-state index in [2.05, 4.69) is 18.8 Å². The fourth-order valence-corrected chi connectivity index (χ4v) is 4.33. The second kappa shape index (κ2) is 11.4. The van der Waals surface area contributed by atoms with Crippen molar-refractivity contribution in [2.24, 2.45) is 5.92 Å². The fourth-order valence-electron chi connectivity index (χ4n) is 4.33. The molecule has 3 rings (SSSR count). The Morgan fingerprint density at radius 1 is 1.14 bits per heavy atom. The number of nitrogens with zero attached hydrogens (tertiary/aromatic N) is 2. The molecule has 0 bridgehead atoms. The summed E-state index contributed by atoms with van der Waals surface area (Å²) in [6.07, 6.45) is -2.14. The van der Waals surface area contributed by atoms with Crippen molar-refractivity contribution in [2.75, 3.05) is 27.7 Å². The monoisotopic (exact) mass is 496 g/mol. The normalized spacial score (nSPS) is 20.3. The van der Waals surface area contributed by atoms with Gasteiger partial charge in [0.25, 0.3) is 5.91 Å². The van der Waals surface area contributed by atoms with Gasteiger partial charge in [0.1, 0.15) is 25.9 Å². The Labute approximate surface area is 203 Å². The summed E-state index contributed by atoms with van der Waals surface area (Å²) < 4.78 is 61.8. The molecular weight excluding hydrogens is 465 g/mol. The third-order valence-corrected chi connectivity index (χ3v) is 5.88. The number of halogens is 3. The number of rotatable bonds is 12. The van der Waals surface area contributed by atoms with Gasteiger partial charge in [0.15, 0.2) is 5.60 Å². The SMILES string of the molecule is COCOC1(Cc2cc(OCc3ccccc3C(F)(F)F)ccn2)C(=O)N(COC)C1CC(C)C. The molecule has 35 heavy (non-hydrogen) atoms. The number of alkyl halides is 3. The average Bonchev–Trinajstić information content (AvgIpc) is 2.82.